The lowest BCUT2D eigenvalue weighted by molar-refractivity contribution is -0.120. The lowest BCUT2D eigenvalue weighted by Crippen LogP contribution is -2.18. The Bertz CT molecular complexity index is 481. The Balaban J connectivity index is 2.11. The Labute approximate surface area is 107 Å². The molecule has 0 aromatic heterocycles. The van der Waals surface area contributed by atoms with E-state index in [1.54, 1.807) is 7.11 Å². The highest BCUT2D eigenvalue weighted by atomic mass is 16.5. The number of carbonyl (C=O) groups excluding carboxylic acids is 1. The van der Waals surface area contributed by atoms with Crippen LogP contribution in [0.1, 0.15) is 48.6 Å². The van der Waals surface area contributed by atoms with Gasteiger partial charge in [-0.2, -0.15) is 0 Å². The number of aliphatic hydroxyl groups excluding tert-OH is 1. The van der Waals surface area contributed by atoms with Crippen LogP contribution in [-0.4, -0.2) is 24.1 Å². The largest absolute Gasteiger partial charge is 0.497 e. The van der Waals surface area contributed by atoms with E-state index in [0.29, 0.717) is 31.5 Å². The third-order valence-electron chi connectivity index (χ3n) is 4.23. The monoisotopic (exact) mass is 246 g/mol. The van der Waals surface area contributed by atoms with Gasteiger partial charge in [0.25, 0.3) is 0 Å². The number of ether oxygens (including phenoxy) is 1. The molecule has 0 heterocycles. The van der Waals surface area contributed by atoms with Crippen LogP contribution >= 0.6 is 0 Å². The van der Waals surface area contributed by atoms with Gasteiger partial charge in [-0.25, -0.2) is 0 Å². The zero-order valence-corrected chi connectivity index (χ0v) is 10.6. The van der Waals surface area contributed by atoms with Crippen LogP contribution in [0.5, 0.6) is 5.75 Å². The van der Waals surface area contributed by atoms with Gasteiger partial charge in [-0.05, 0) is 47.9 Å². The predicted molar refractivity (Wildman–Crippen MR) is 68.0 cm³/mol. The van der Waals surface area contributed by atoms with Gasteiger partial charge in [-0.15, -0.1) is 0 Å². The Morgan fingerprint density at radius 2 is 1.83 bits per heavy atom. The van der Waals surface area contributed by atoms with E-state index in [4.69, 9.17) is 4.74 Å². The van der Waals surface area contributed by atoms with Crippen LogP contribution in [0.3, 0.4) is 0 Å². The van der Waals surface area contributed by atoms with Crippen molar-refractivity contribution in [1.29, 1.82) is 0 Å². The van der Waals surface area contributed by atoms with Gasteiger partial charge < -0.3 is 9.84 Å². The molecule has 1 aromatic rings. The molecule has 3 nitrogen and oxygen atoms in total. The fourth-order valence-electron chi connectivity index (χ4n) is 3.43. The second-order valence-electron chi connectivity index (χ2n) is 5.46. The first-order valence-corrected chi connectivity index (χ1v) is 6.55. The summed E-state index contributed by atoms with van der Waals surface area (Å²) in [6.45, 7) is 0. The van der Waals surface area contributed by atoms with Crippen molar-refractivity contribution in [3.8, 4) is 5.75 Å². The number of rotatable bonds is 1. The number of ketones is 1. The van der Waals surface area contributed by atoms with E-state index in [2.05, 4.69) is 6.07 Å². The van der Waals surface area contributed by atoms with Crippen molar-refractivity contribution in [3.63, 3.8) is 0 Å². The topological polar surface area (TPSA) is 46.5 Å². The first kappa shape index (κ1) is 11.7. The molecule has 96 valence electrons. The molecule has 0 amide bonds. The number of hydrogen-bond acceptors (Lipinski definition) is 3. The van der Waals surface area contributed by atoms with E-state index >= 15 is 0 Å². The summed E-state index contributed by atoms with van der Waals surface area (Å²) in [6.07, 6.45) is 2.26. The molecule has 0 spiro atoms. The molecule has 0 saturated carbocycles. The number of aliphatic hydroxyl groups is 1. The SMILES string of the molecule is COc1ccc2c(c1)C1CC(=O)CC2CC(O)C1. The molecule has 1 N–H and O–H groups in total. The van der Waals surface area contributed by atoms with Crippen LogP contribution in [0.2, 0.25) is 0 Å². The molecule has 0 saturated heterocycles. The third kappa shape index (κ3) is 1.93. The summed E-state index contributed by atoms with van der Waals surface area (Å²) in [6, 6.07) is 6.07. The Kier molecular flexibility index (Phi) is 2.86. The van der Waals surface area contributed by atoms with Crippen LogP contribution in [-0.2, 0) is 4.79 Å². The van der Waals surface area contributed by atoms with E-state index in [9.17, 15) is 9.90 Å². The van der Waals surface area contributed by atoms with Crippen molar-refractivity contribution >= 4 is 5.78 Å². The summed E-state index contributed by atoms with van der Waals surface area (Å²) < 4.78 is 5.28. The van der Waals surface area contributed by atoms with Crippen molar-refractivity contribution < 1.29 is 14.6 Å². The number of Topliss-reactive ketones (excluding diaryl/α,β-unsaturated/α-hetero) is 1. The number of hydrogen-bond donors (Lipinski definition) is 1. The fourth-order valence-corrected chi connectivity index (χ4v) is 3.43. The number of benzene rings is 1. The molecule has 3 atom stereocenters. The minimum atomic E-state index is -0.286. The highest BCUT2D eigenvalue weighted by molar-refractivity contribution is 5.81. The summed E-state index contributed by atoms with van der Waals surface area (Å²) in [4.78, 5) is 11.9. The molecule has 2 aliphatic carbocycles. The van der Waals surface area contributed by atoms with Crippen molar-refractivity contribution in [2.24, 2.45) is 0 Å². The molecular formula is C15H18O3. The fraction of sp³-hybridized carbons (Fsp3) is 0.533. The average molecular weight is 246 g/mol. The van der Waals surface area contributed by atoms with E-state index in [1.165, 1.54) is 11.1 Å². The summed E-state index contributed by atoms with van der Waals surface area (Å²) in [7, 11) is 1.66. The van der Waals surface area contributed by atoms with Gasteiger partial charge in [0, 0.05) is 12.8 Å². The maximum Gasteiger partial charge on any atom is 0.134 e. The van der Waals surface area contributed by atoms with Crippen LogP contribution < -0.4 is 4.74 Å². The summed E-state index contributed by atoms with van der Waals surface area (Å²) in [5, 5.41) is 10.0. The van der Waals surface area contributed by atoms with E-state index in [-0.39, 0.29) is 17.9 Å². The predicted octanol–water partition coefficient (Wildman–Crippen LogP) is 2.38. The average Bonchev–Trinajstić information content (AvgIpc) is 2.53. The number of carbonyl (C=O) groups is 1. The first-order chi connectivity index (χ1) is 8.67. The Hall–Kier alpha value is -1.35. The van der Waals surface area contributed by atoms with Gasteiger partial charge in [-0.3, -0.25) is 4.79 Å². The van der Waals surface area contributed by atoms with Gasteiger partial charge in [0.15, 0.2) is 0 Å². The molecule has 0 fully saturated rings. The highest BCUT2D eigenvalue weighted by Gasteiger charge is 2.35. The molecule has 0 radical (unpaired) electrons. The highest BCUT2D eigenvalue weighted by Crippen LogP contribution is 2.44. The van der Waals surface area contributed by atoms with Gasteiger partial charge in [0.05, 0.1) is 13.2 Å². The quantitative estimate of drug-likeness (QED) is 0.827. The second-order valence-corrected chi connectivity index (χ2v) is 5.46. The zero-order valence-electron chi connectivity index (χ0n) is 10.6. The zero-order chi connectivity index (χ0) is 12.7. The van der Waals surface area contributed by atoms with Crippen molar-refractivity contribution in [3.05, 3.63) is 29.3 Å². The summed E-state index contributed by atoms with van der Waals surface area (Å²) >= 11 is 0. The second kappa shape index (κ2) is 4.39. The maximum absolute atomic E-state index is 11.9. The molecule has 3 rings (SSSR count). The van der Waals surface area contributed by atoms with Gasteiger partial charge >= 0.3 is 0 Å². The summed E-state index contributed by atoms with van der Waals surface area (Å²) in [5.41, 5.74) is 2.45. The Morgan fingerprint density at radius 1 is 1.17 bits per heavy atom. The molecule has 0 aliphatic heterocycles. The summed E-state index contributed by atoms with van der Waals surface area (Å²) in [5.74, 6) is 1.50. The van der Waals surface area contributed by atoms with Crippen LogP contribution in [0.25, 0.3) is 0 Å². The molecule has 3 unspecified atom stereocenters. The van der Waals surface area contributed by atoms with E-state index in [0.717, 1.165) is 5.75 Å². The minimum absolute atomic E-state index is 0.157. The van der Waals surface area contributed by atoms with Gasteiger partial charge in [-0.1, -0.05) is 6.07 Å². The molecular weight excluding hydrogens is 228 g/mol. The van der Waals surface area contributed by atoms with Crippen molar-refractivity contribution in [2.45, 2.75) is 43.6 Å². The molecule has 3 heteroatoms. The normalized spacial score (nSPS) is 30.6. The maximum atomic E-state index is 11.9. The van der Waals surface area contributed by atoms with Crippen LogP contribution in [0, 0.1) is 0 Å². The lowest BCUT2D eigenvalue weighted by Gasteiger charge is -2.19. The molecule has 2 aliphatic rings. The van der Waals surface area contributed by atoms with Crippen molar-refractivity contribution in [1.82, 2.24) is 0 Å². The van der Waals surface area contributed by atoms with Crippen LogP contribution in [0.4, 0.5) is 0 Å². The van der Waals surface area contributed by atoms with E-state index < -0.39 is 0 Å². The number of methoxy groups -OCH3 is 1. The third-order valence-corrected chi connectivity index (χ3v) is 4.23. The molecule has 2 bridgehead atoms. The Morgan fingerprint density at radius 3 is 2.50 bits per heavy atom. The molecule has 1 aromatic carbocycles. The lowest BCUT2D eigenvalue weighted by atomic mass is 9.88. The standard InChI is InChI=1S/C15H18O3/c1-18-13-2-3-14-9-4-11(16)6-10(15(14)8-13)7-12(17)5-9/h2-3,8-11,16H,4-7H2,1H3. The first-order valence-electron chi connectivity index (χ1n) is 6.55. The van der Waals surface area contributed by atoms with Crippen LogP contribution in [0.15, 0.2) is 18.2 Å². The van der Waals surface area contributed by atoms with Gasteiger partial charge in [0.1, 0.15) is 11.5 Å². The smallest absolute Gasteiger partial charge is 0.134 e. The molecule has 18 heavy (non-hydrogen) atoms. The van der Waals surface area contributed by atoms with Crippen molar-refractivity contribution in [2.75, 3.05) is 7.11 Å². The van der Waals surface area contributed by atoms with E-state index in [1.807, 2.05) is 12.1 Å². The minimum Gasteiger partial charge on any atom is -0.497 e. The van der Waals surface area contributed by atoms with Gasteiger partial charge in [0.2, 0.25) is 0 Å².